The van der Waals surface area contributed by atoms with Crippen LogP contribution >= 0.6 is 12.4 Å². The number of fused-ring (bicyclic) bond motifs is 2. The summed E-state index contributed by atoms with van der Waals surface area (Å²) in [5, 5.41) is 17.5. The highest BCUT2D eigenvalue weighted by Crippen LogP contribution is 2.28. The van der Waals surface area contributed by atoms with Crippen molar-refractivity contribution in [1.29, 1.82) is 0 Å². The molecule has 274 valence electrons. The molecule has 50 heavy (non-hydrogen) atoms. The van der Waals surface area contributed by atoms with Crippen molar-refractivity contribution >= 4 is 41.9 Å². The van der Waals surface area contributed by atoms with Crippen molar-refractivity contribution in [3.63, 3.8) is 0 Å². The number of benzene rings is 2. The Bertz CT molecular complexity index is 1440. The van der Waals surface area contributed by atoms with Crippen molar-refractivity contribution in [2.24, 2.45) is 5.92 Å². The standard InChI is InChI=1S/C36H50N6O7.ClH/c1-23(2)32-36(47)39-19-7-12-25-15-16-29(48-3)30(21-25)49-22-31(43)38-18-9-14-27(40-33(44)26-13-8-17-37-26)34(45)41-28(35(46)42-32)20-24-10-5-4-6-11-24;/h4-6,10-11,15-16,21,23,26-28,32,37H,7-9,12-14,17-20,22H2,1-3H3,(H,38,43)(H,39,47)(H,40,44)(H,41,45)(H,42,46);1H/t26-,27?,28-,32+;/m0./s1. The molecule has 6 N–H and O–H groups in total. The molecule has 2 aliphatic heterocycles. The number of methoxy groups -OCH3 is 1. The van der Waals surface area contributed by atoms with E-state index in [-0.39, 0.29) is 62.0 Å². The lowest BCUT2D eigenvalue weighted by Crippen LogP contribution is -2.59. The molecule has 2 aliphatic rings. The van der Waals surface area contributed by atoms with Gasteiger partial charge in [0.15, 0.2) is 18.1 Å². The lowest BCUT2D eigenvalue weighted by Gasteiger charge is -2.27. The number of hydrogen-bond donors (Lipinski definition) is 6. The molecule has 0 aliphatic carbocycles. The van der Waals surface area contributed by atoms with Gasteiger partial charge >= 0.3 is 0 Å². The number of rotatable bonds is 6. The zero-order valence-electron chi connectivity index (χ0n) is 29.0. The average molecular weight is 715 g/mol. The van der Waals surface area contributed by atoms with Gasteiger partial charge in [-0.1, -0.05) is 50.2 Å². The Morgan fingerprint density at radius 3 is 2.34 bits per heavy atom. The number of carbonyl (C=O) groups excluding carboxylic acids is 5. The molecule has 5 amide bonds. The molecule has 0 aromatic heterocycles. The van der Waals surface area contributed by atoms with Gasteiger partial charge in [-0.2, -0.15) is 0 Å². The molecule has 1 unspecified atom stereocenters. The summed E-state index contributed by atoms with van der Waals surface area (Å²) < 4.78 is 11.2. The molecule has 2 aromatic carbocycles. The molecular weight excluding hydrogens is 664 g/mol. The zero-order chi connectivity index (χ0) is 35.2. The summed E-state index contributed by atoms with van der Waals surface area (Å²) in [5.41, 5.74) is 1.76. The molecule has 4 atom stereocenters. The topological polar surface area (TPSA) is 176 Å². The Balaban J connectivity index is 0.00000676. The number of ether oxygens (including phenoxy) is 2. The van der Waals surface area contributed by atoms with E-state index >= 15 is 0 Å². The van der Waals surface area contributed by atoms with Crippen LogP contribution in [0.2, 0.25) is 0 Å². The number of halogens is 1. The zero-order valence-corrected chi connectivity index (χ0v) is 29.9. The van der Waals surface area contributed by atoms with Crippen LogP contribution in [0.1, 0.15) is 57.1 Å². The van der Waals surface area contributed by atoms with Crippen molar-refractivity contribution in [1.82, 2.24) is 31.9 Å². The fourth-order valence-corrected chi connectivity index (χ4v) is 5.90. The predicted octanol–water partition coefficient (Wildman–Crippen LogP) is 1.56. The summed E-state index contributed by atoms with van der Waals surface area (Å²) in [4.78, 5) is 66.7. The van der Waals surface area contributed by atoms with Crippen molar-refractivity contribution in [2.45, 2.75) is 83.0 Å². The molecule has 0 saturated carbocycles. The van der Waals surface area contributed by atoms with Crippen molar-refractivity contribution in [2.75, 3.05) is 33.4 Å². The molecule has 2 heterocycles. The first-order valence-electron chi connectivity index (χ1n) is 17.2. The number of nitrogens with one attached hydrogen (secondary N) is 6. The van der Waals surface area contributed by atoms with Crippen LogP contribution < -0.4 is 41.4 Å². The highest BCUT2D eigenvalue weighted by molar-refractivity contribution is 5.95. The minimum Gasteiger partial charge on any atom is -0.493 e. The maximum Gasteiger partial charge on any atom is 0.257 e. The van der Waals surface area contributed by atoms with Crippen LogP contribution in [-0.4, -0.2) is 87.1 Å². The first-order valence-corrected chi connectivity index (χ1v) is 17.2. The molecule has 13 nitrogen and oxygen atoms in total. The van der Waals surface area contributed by atoms with Crippen LogP contribution in [0.4, 0.5) is 0 Å². The van der Waals surface area contributed by atoms with Crippen LogP contribution in [0.3, 0.4) is 0 Å². The van der Waals surface area contributed by atoms with Crippen LogP contribution in [0, 0.1) is 5.92 Å². The summed E-state index contributed by atoms with van der Waals surface area (Å²) in [6.07, 6.45) is 3.50. The minimum absolute atomic E-state index is 0. The van der Waals surface area contributed by atoms with Crippen LogP contribution in [-0.2, 0) is 36.8 Å². The fraction of sp³-hybridized carbons (Fsp3) is 0.528. The molecule has 14 heteroatoms. The van der Waals surface area contributed by atoms with E-state index in [9.17, 15) is 24.0 Å². The first kappa shape index (κ1) is 40.1. The van der Waals surface area contributed by atoms with E-state index in [0.717, 1.165) is 17.5 Å². The number of amides is 5. The number of carbonyl (C=O) groups is 5. The molecule has 2 bridgehead atoms. The Hall–Kier alpha value is -4.36. The smallest absolute Gasteiger partial charge is 0.257 e. The first-order chi connectivity index (χ1) is 23.6. The highest BCUT2D eigenvalue weighted by Gasteiger charge is 2.32. The third-order valence-electron chi connectivity index (χ3n) is 8.69. The fourth-order valence-electron chi connectivity index (χ4n) is 5.90. The van der Waals surface area contributed by atoms with Crippen molar-refractivity contribution in [3.05, 3.63) is 59.7 Å². The summed E-state index contributed by atoms with van der Waals surface area (Å²) in [7, 11) is 1.52. The third-order valence-corrected chi connectivity index (χ3v) is 8.69. The number of hydrogen-bond acceptors (Lipinski definition) is 8. The van der Waals surface area contributed by atoms with E-state index in [1.807, 2.05) is 56.3 Å². The molecule has 0 spiro atoms. The Morgan fingerprint density at radius 2 is 1.64 bits per heavy atom. The maximum atomic E-state index is 13.8. The second kappa shape index (κ2) is 20.3. The maximum absolute atomic E-state index is 13.8. The van der Waals surface area contributed by atoms with Gasteiger partial charge < -0.3 is 41.4 Å². The van der Waals surface area contributed by atoms with Gasteiger partial charge in [0.1, 0.15) is 18.1 Å². The van der Waals surface area contributed by atoms with Gasteiger partial charge in [0.2, 0.25) is 23.6 Å². The Morgan fingerprint density at radius 1 is 0.900 bits per heavy atom. The second-order valence-electron chi connectivity index (χ2n) is 12.9. The third kappa shape index (κ3) is 12.2. The quantitative estimate of drug-likeness (QED) is 0.261. The van der Waals surface area contributed by atoms with E-state index in [1.54, 1.807) is 6.07 Å². The van der Waals surface area contributed by atoms with Gasteiger partial charge in [-0.25, -0.2) is 0 Å². The van der Waals surface area contributed by atoms with Gasteiger partial charge in [-0.15, -0.1) is 12.4 Å². The normalized spacial score (nSPS) is 23.0. The van der Waals surface area contributed by atoms with E-state index < -0.39 is 36.0 Å². The molecule has 2 aromatic rings. The molecule has 4 rings (SSSR count). The van der Waals surface area contributed by atoms with Gasteiger partial charge in [-0.3, -0.25) is 24.0 Å². The summed E-state index contributed by atoms with van der Waals surface area (Å²) in [6.45, 7) is 4.77. The highest BCUT2D eigenvalue weighted by atomic mass is 35.5. The van der Waals surface area contributed by atoms with E-state index in [2.05, 4.69) is 31.9 Å². The van der Waals surface area contributed by atoms with E-state index in [4.69, 9.17) is 9.47 Å². The SMILES string of the molecule is COc1ccc2cc1OCC(=O)NCCCC(NC(=O)[C@@H]1CCCN1)C(=O)N[C@@H](Cc1ccccc1)C(=O)N[C@H](C(C)C)C(=O)NCCC2.Cl. The predicted molar refractivity (Wildman–Crippen MR) is 191 cm³/mol. The average Bonchev–Trinajstić information content (AvgIpc) is 3.64. The Labute approximate surface area is 300 Å². The molecular formula is C36H51ClN6O7. The van der Waals surface area contributed by atoms with Gasteiger partial charge in [0, 0.05) is 19.5 Å². The minimum atomic E-state index is -1.02. The van der Waals surface area contributed by atoms with Crippen LogP contribution in [0.15, 0.2) is 48.5 Å². The van der Waals surface area contributed by atoms with E-state index in [1.165, 1.54) is 7.11 Å². The summed E-state index contributed by atoms with van der Waals surface area (Å²) in [6, 6.07) is 11.5. The summed E-state index contributed by atoms with van der Waals surface area (Å²) >= 11 is 0. The Kier molecular flexibility index (Phi) is 16.3. The van der Waals surface area contributed by atoms with Gasteiger partial charge in [-0.05, 0) is 74.2 Å². The largest absolute Gasteiger partial charge is 0.493 e. The van der Waals surface area contributed by atoms with Gasteiger partial charge in [0.05, 0.1) is 13.2 Å². The lowest BCUT2D eigenvalue weighted by atomic mass is 10.00. The van der Waals surface area contributed by atoms with Crippen LogP contribution in [0.25, 0.3) is 0 Å². The van der Waals surface area contributed by atoms with Crippen molar-refractivity contribution in [3.8, 4) is 11.5 Å². The molecule has 1 saturated heterocycles. The monoisotopic (exact) mass is 714 g/mol. The summed E-state index contributed by atoms with van der Waals surface area (Å²) in [5.74, 6) is -1.33. The second-order valence-corrected chi connectivity index (χ2v) is 12.9. The van der Waals surface area contributed by atoms with Gasteiger partial charge in [0.25, 0.3) is 5.91 Å². The van der Waals surface area contributed by atoms with Crippen LogP contribution in [0.5, 0.6) is 11.5 Å². The lowest BCUT2D eigenvalue weighted by molar-refractivity contribution is -0.134. The van der Waals surface area contributed by atoms with E-state index in [0.29, 0.717) is 50.3 Å². The molecule has 1 fully saturated rings. The number of aryl methyl sites for hydroxylation is 1. The molecule has 0 radical (unpaired) electrons. The van der Waals surface area contributed by atoms with Crippen molar-refractivity contribution < 1.29 is 33.4 Å².